The van der Waals surface area contributed by atoms with Gasteiger partial charge in [-0.25, -0.2) is 0 Å². The van der Waals surface area contributed by atoms with Crippen molar-refractivity contribution in [3.63, 3.8) is 0 Å². The summed E-state index contributed by atoms with van der Waals surface area (Å²) in [5.41, 5.74) is 0.844. The van der Waals surface area contributed by atoms with Crippen molar-refractivity contribution in [2.45, 2.75) is 56.8 Å². The molecule has 0 radical (unpaired) electrons. The van der Waals surface area contributed by atoms with Crippen LogP contribution in [0.2, 0.25) is 0 Å². The van der Waals surface area contributed by atoms with Crippen molar-refractivity contribution < 1.29 is 22.8 Å². The number of para-hydroxylation sites is 2. The highest BCUT2D eigenvalue weighted by atomic mass is 32.2. The lowest BCUT2D eigenvalue weighted by Gasteiger charge is -2.13. The number of hydrogen-bond donors (Lipinski definition) is 2. The van der Waals surface area contributed by atoms with Gasteiger partial charge in [-0.2, -0.15) is 8.42 Å². The Hall–Kier alpha value is -2.05. The summed E-state index contributed by atoms with van der Waals surface area (Å²) in [4.78, 5) is -0.227. The van der Waals surface area contributed by atoms with Crippen molar-refractivity contribution in [1.82, 2.24) is 0 Å². The summed E-state index contributed by atoms with van der Waals surface area (Å²) in [6.45, 7) is 2.18. The van der Waals surface area contributed by atoms with Crippen molar-refractivity contribution >= 4 is 10.1 Å². The first-order valence-electron chi connectivity index (χ1n) is 8.98. The molecule has 6 heteroatoms. The number of unbranched alkanes of at least 4 members (excludes halogenated alkanes) is 5. The molecule has 0 saturated carbocycles. The molecule has 0 aliphatic carbocycles. The average Bonchev–Trinajstić information content (AvgIpc) is 2.60. The highest BCUT2D eigenvalue weighted by Gasteiger charge is 2.15. The lowest BCUT2D eigenvalue weighted by molar-refractivity contribution is 0.407. The molecule has 0 atom stereocenters. The summed E-state index contributed by atoms with van der Waals surface area (Å²) in [5.74, 6) is 0.537. The summed E-state index contributed by atoms with van der Waals surface area (Å²) in [6, 6.07) is 10.8. The first kappa shape index (κ1) is 20.3. The molecule has 0 unspecified atom stereocenters. The van der Waals surface area contributed by atoms with Crippen LogP contribution in [0.4, 0.5) is 0 Å². The molecule has 26 heavy (non-hydrogen) atoms. The van der Waals surface area contributed by atoms with Crippen LogP contribution in [0, 0.1) is 0 Å². The van der Waals surface area contributed by atoms with Crippen LogP contribution in [-0.2, 0) is 16.5 Å². The zero-order chi connectivity index (χ0) is 19.0. The number of rotatable bonds is 10. The average molecular weight is 378 g/mol. The molecule has 142 valence electrons. The van der Waals surface area contributed by atoms with E-state index >= 15 is 0 Å². The largest absolute Gasteiger partial charge is 0.504 e. The van der Waals surface area contributed by atoms with Crippen LogP contribution in [0.5, 0.6) is 17.2 Å². The normalized spacial score (nSPS) is 11.5. The highest BCUT2D eigenvalue weighted by Crippen LogP contribution is 2.34. The maximum Gasteiger partial charge on any atom is 0.294 e. The smallest absolute Gasteiger partial charge is 0.294 e. The van der Waals surface area contributed by atoms with Gasteiger partial charge < -0.3 is 9.84 Å². The number of hydrogen-bond acceptors (Lipinski definition) is 4. The standard InChI is InChI=1S/C20H26O5S/c1-2-3-4-5-6-7-10-16-13-14-17(26(22,23)24)15-20(16)25-19-12-9-8-11-18(19)21/h8-9,11-15,21H,2-7,10H2,1H3,(H,22,23,24). The van der Waals surface area contributed by atoms with Gasteiger partial charge in [-0.15, -0.1) is 0 Å². The number of phenolic OH excluding ortho intramolecular Hbond substituents is 1. The predicted octanol–water partition coefficient (Wildman–Crippen LogP) is 5.33. The molecular weight excluding hydrogens is 352 g/mol. The molecule has 0 saturated heterocycles. The van der Waals surface area contributed by atoms with E-state index in [2.05, 4.69) is 6.92 Å². The Morgan fingerprint density at radius 1 is 0.923 bits per heavy atom. The molecule has 0 aliphatic rings. The van der Waals surface area contributed by atoms with Gasteiger partial charge in [-0.05, 0) is 36.6 Å². The number of aromatic hydroxyl groups is 1. The summed E-state index contributed by atoms with van der Waals surface area (Å²) in [7, 11) is -4.32. The van der Waals surface area contributed by atoms with Crippen LogP contribution in [0.25, 0.3) is 0 Å². The van der Waals surface area contributed by atoms with Gasteiger partial charge >= 0.3 is 0 Å². The van der Waals surface area contributed by atoms with Crippen LogP contribution in [0.1, 0.15) is 51.0 Å². The maximum absolute atomic E-state index is 11.4. The first-order chi connectivity index (χ1) is 12.4. The minimum absolute atomic E-state index is 0.0322. The second kappa shape index (κ2) is 9.59. The Morgan fingerprint density at radius 2 is 1.62 bits per heavy atom. The third-order valence-corrected chi connectivity index (χ3v) is 5.07. The van der Waals surface area contributed by atoms with E-state index in [1.165, 1.54) is 43.9 Å². The summed E-state index contributed by atoms with van der Waals surface area (Å²) >= 11 is 0. The van der Waals surface area contributed by atoms with Crippen molar-refractivity contribution in [2.75, 3.05) is 0 Å². The lowest BCUT2D eigenvalue weighted by Crippen LogP contribution is -2.01. The van der Waals surface area contributed by atoms with Crippen LogP contribution in [0.3, 0.4) is 0 Å². The molecule has 2 aromatic rings. The minimum atomic E-state index is -4.32. The fourth-order valence-electron chi connectivity index (χ4n) is 2.75. The number of benzene rings is 2. The van der Waals surface area contributed by atoms with Crippen LogP contribution >= 0.6 is 0 Å². The van der Waals surface area contributed by atoms with Crippen LogP contribution in [0.15, 0.2) is 47.4 Å². The Kier molecular flexibility index (Phi) is 7.48. The second-order valence-electron chi connectivity index (χ2n) is 6.33. The SMILES string of the molecule is CCCCCCCCc1ccc(S(=O)(=O)O)cc1Oc1ccccc1O. The summed E-state index contributed by atoms with van der Waals surface area (Å²) < 4.78 is 37.9. The van der Waals surface area contributed by atoms with Crippen LogP contribution in [-0.4, -0.2) is 18.1 Å². The highest BCUT2D eigenvalue weighted by molar-refractivity contribution is 7.85. The molecule has 0 aromatic heterocycles. The van der Waals surface area contributed by atoms with E-state index in [0.29, 0.717) is 5.75 Å². The van der Waals surface area contributed by atoms with Gasteiger partial charge in [0, 0.05) is 6.07 Å². The van der Waals surface area contributed by atoms with E-state index in [9.17, 15) is 18.1 Å². The predicted molar refractivity (Wildman–Crippen MR) is 102 cm³/mol. The molecule has 5 nitrogen and oxygen atoms in total. The molecule has 0 heterocycles. The van der Waals surface area contributed by atoms with Crippen molar-refractivity contribution in [1.29, 1.82) is 0 Å². The van der Waals surface area contributed by atoms with E-state index in [-0.39, 0.29) is 16.4 Å². The van der Waals surface area contributed by atoms with E-state index in [1.807, 2.05) is 0 Å². The third-order valence-electron chi connectivity index (χ3n) is 4.22. The fraction of sp³-hybridized carbons (Fsp3) is 0.400. The van der Waals surface area contributed by atoms with Gasteiger partial charge in [0.25, 0.3) is 10.1 Å². The van der Waals surface area contributed by atoms with Gasteiger partial charge in [0.1, 0.15) is 5.75 Å². The van der Waals surface area contributed by atoms with Crippen LogP contribution < -0.4 is 4.74 Å². The molecule has 2 aromatic carbocycles. The molecule has 0 aliphatic heterocycles. The van der Waals surface area contributed by atoms with Crippen molar-refractivity contribution in [2.24, 2.45) is 0 Å². The molecular formula is C20H26O5S. The molecule has 0 spiro atoms. The topological polar surface area (TPSA) is 83.8 Å². The second-order valence-corrected chi connectivity index (χ2v) is 7.75. The van der Waals surface area contributed by atoms with E-state index in [1.54, 1.807) is 24.3 Å². The molecule has 2 N–H and O–H groups in total. The Labute approximate surface area is 155 Å². The molecule has 0 fully saturated rings. The van der Waals surface area contributed by atoms with Crippen molar-refractivity contribution in [3.8, 4) is 17.2 Å². The molecule has 0 amide bonds. The zero-order valence-electron chi connectivity index (χ0n) is 15.0. The first-order valence-corrected chi connectivity index (χ1v) is 10.4. The minimum Gasteiger partial charge on any atom is -0.504 e. The van der Waals surface area contributed by atoms with Gasteiger partial charge in [0.05, 0.1) is 4.90 Å². The maximum atomic E-state index is 11.4. The Bertz CT molecular complexity index is 815. The van der Waals surface area contributed by atoms with Gasteiger partial charge in [0.2, 0.25) is 0 Å². The Balaban J connectivity index is 2.17. The number of phenols is 1. The molecule has 0 bridgehead atoms. The summed E-state index contributed by atoms with van der Waals surface area (Å²) in [6.07, 6.45) is 7.63. The third kappa shape index (κ3) is 6.04. The van der Waals surface area contributed by atoms with Gasteiger partial charge in [-0.1, -0.05) is 57.2 Å². The lowest BCUT2D eigenvalue weighted by atomic mass is 10.0. The Morgan fingerprint density at radius 3 is 2.31 bits per heavy atom. The summed E-state index contributed by atoms with van der Waals surface area (Å²) in [5, 5.41) is 9.90. The van der Waals surface area contributed by atoms with E-state index < -0.39 is 10.1 Å². The van der Waals surface area contributed by atoms with E-state index in [4.69, 9.17) is 4.74 Å². The van der Waals surface area contributed by atoms with Crippen molar-refractivity contribution in [3.05, 3.63) is 48.0 Å². The number of aryl methyl sites for hydroxylation is 1. The monoisotopic (exact) mass is 378 g/mol. The molecule has 2 rings (SSSR count). The fourth-order valence-corrected chi connectivity index (χ4v) is 3.25. The van der Waals surface area contributed by atoms with E-state index in [0.717, 1.165) is 24.8 Å². The zero-order valence-corrected chi connectivity index (χ0v) is 15.8. The van der Waals surface area contributed by atoms with Gasteiger partial charge in [0.15, 0.2) is 11.5 Å². The van der Waals surface area contributed by atoms with Gasteiger partial charge in [-0.3, -0.25) is 4.55 Å². The number of ether oxygens (including phenoxy) is 1. The quantitative estimate of drug-likeness (QED) is 0.431.